The van der Waals surface area contributed by atoms with E-state index in [4.69, 9.17) is 0 Å². The maximum Gasteiger partial charge on any atom is 0.0249 e. The van der Waals surface area contributed by atoms with Crippen molar-refractivity contribution in [2.24, 2.45) is 0 Å². The average Bonchev–Trinajstić information content (AvgIpc) is 2.68. The van der Waals surface area contributed by atoms with E-state index in [0.717, 1.165) is 24.7 Å². The van der Waals surface area contributed by atoms with Crippen LogP contribution >= 0.6 is 0 Å². The van der Waals surface area contributed by atoms with Crippen LogP contribution in [0.3, 0.4) is 0 Å². The Hall–Kier alpha value is -0.0800. The first-order valence-corrected chi connectivity index (χ1v) is 8.28. The van der Waals surface area contributed by atoms with E-state index in [0.29, 0.717) is 0 Å². The van der Waals surface area contributed by atoms with Gasteiger partial charge >= 0.3 is 0 Å². The van der Waals surface area contributed by atoms with Crippen molar-refractivity contribution in [2.45, 2.75) is 89.3 Å². The van der Waals surface area contributed by atoms with Crippen molar-refractivity contribution in [1.29, 1.82) is 0 Å². The number of likely N-dealkylation sites (N-methyl/N-ethyl adjacent to an activating group) is 2. The van der Waals surface area contributed by atoms with Gasteiger partial charge in [0.25, 0.3) is 0 Å². The molecule has 0 aliphatic heterocycles. The van der Waals surface area contributed by atoms with E-state index in [1.807, 2.05) is 0 Å². The lowest BCUT2D eigenvalue weighted by Crippen LogP contribution is -2.53. The Bertz CT molecular complexity index is 219. The summed E-state index contributed by atoms with van der Waals surface area (Å²) in [6.07, 6.45) is 14.4. The molecule has 2 rings (SSSR count). The second-order valence-corrected chi connectivity index (χ2v) is 6.33. The summed E-state index contributed by atoms with van der Waals surface area (Å²) in [5, 5.41) is 3.73. The first-order valence-electron chi connectivity index (χ1n) is 8.28. The molecule has 0 saturated heterocycles. The van der Waals surface area contributed by atoms with E-state index < -0.39 is 0 Å². The first-order chi connectivity index (χ1) is 8.83. The van der Waals surface area contributed by atoms with Crippen LogP contribution in [0.15, 0.2) is 0 Å². The number of nitrogens with zero attached hydrogens (tertiary/aromatic N) is 1. The van der Waals surface area contributed by atoms with Crippen molar-refractivity contribution in [3.8, 4) is 0 Å². The maximum absolute atomic E-state index is 3.73. The third-order valence-electron chi connectivity index (χ3n) is 5.12. The molecule has 0 amide bonds. The zero-order chi connectivity index (χ0) is 12.8. The monoisotopic (exact) mass is 252 g/mol. The van der Waals surface area contributed by atoms with Gasteiger partial charge in [0.1, 0.15) is 0 Å². The number of hydrogen-bond acceptors (Lipinski definition) is 2. The fraction of sp³-hybridized carbons (Fsp3) is 1.00. The molecule has 0 aromatic carbocycles. The lowest BCUT2D eigenvalue weighted by atomic mass is 9.88. The molecule has 2 unspecified atom stereocenters. The third-order valence-corrected chi connectivity index (χ3v) is 5.12. The Kier molecular flexibility index (Phi) is 5.97. The van der Waals surface area contributed by atoms with E-state index in [9.17, 15) is 0 Å². The summed E-state index contributed by atoms with van der Waals surface area (Å²) in [6.45, 7) is 3.37. The fourth-order valence-corrected chi connectivity index (χ4v) is 4.03. The standard InChI is InChI=1S/C16H32N2/c1-3-17-15-12-8-9-13-16(15)18(2)14-10-6-4-5-7-11-14/h14-17H,3-13H2,1-2H3. The van der Waals surface area contributed by atoms with E-state index in [1.54, 1.807) is 0 Å². The van der Waals surface area contributed by atoms with Gasteiger partial charge in [-0.15, -0.1) is 0 Å². The Morgan fingerprint density at radius 2 is 1.50 bits per heavy atom. The molecule has 2 nitrogen and oxygen atoms in total. The predicted molar refractivity (Wildman–Crippen MR) is 79.0 cm³/mol. The summed E-state index contributed by atoms with van der Waals surface area (Å²) in [5.41, 5.74) is 0. The molecule has 0 heterocycles. The second-order valence-electron chi connectivity index (χ2n) is 6.33. The van der Waals surface area contributed by atoms with Crippen LogP contribution in [0.4, 0.5) is 0 Å². The highest BCUT2D eigenvalue weighted by Crippen LogP contribution is 2.28. The van der Waals surface area contributed by atoms with Gasteiger partial charge in [0, 0.05) is 18.1 Å². The van der Waals surface area contributed by atoms with Gasteiger partial charge in [0.05, 0.1) is 0 Å². The van der Waals surface area contributed by atoms with Crippen molar-refractivity contribution in [3.63, 3.8) is 0 Å². The van der Waals surface area contributed by atoms with E-state index in [1.165, 1.54) is 64.2 Å². The van der Waals surface area contributed by atoms with Crippen molar-refractivity contribution in [1.82, 2.24) is 10.2 Å². The summed E-state index contributed by atoms with van der Waals surface area (Å²) >= 11 is 0. The molecular weight excluding hydrogens is 220 g/mol. The van der Waals surface area contributed by atoms with E-state index >= 15 is 0 Å². The normalized spacial score (nSPS) is 31.5. The minimum atomic E-state index is 0.747. The van der Waals surface area contributed by atoms with Crippen LogP contribution < -0.4 is 5.32 Å². The summed E-state index contributed by atoms with van der Waals surface area (Å²) in [5.74, 6) is 0. The maximum atomic E-state index is 3.73. The molecular formula is C16H32N2. The van der Waals surface area contributed by atoms with Gasteiger partial charge in [0.15, 0.2) is 0 Å². The van der Waals surface area contributed by atoms with Crippen LogP contribution in [-0.2, 0) is 0 Å². The van der Waals surface area contributed by atoms with Crippen LogP contribution in [0, 0.1) is 0 Å². The van der Waals surface area contributed by atoms with Crippen molar-refractivity contribution >= 4 is 0 Å². The third kappa shape index (κ3) is 3.71. The molecule has 2 fully saturated rings. The van der Waals surface area contributed by atoms with Gasteiger partial charge < -0.3 is 5.32 Å². The SMILES string of the molecule is CCNC1CCCCC1N(C)C1CCCCCC1. The van der Waals surface area contributed by atoms with Gasteiger partial charge in [-0.25, -0.2) is 0 Å². The van der Waals surface area contributed by atoms with Crippen LogP contribution in [0.2, 0.25) is 0 Å². The number of rotatable bonds is 4. The molecule has 2 saturated carbocycles. The summed E-state index contributed by atoms with van der Waals surface area (Å²) in [7, 11) is 2.40. The van der Waals surface area contributed by atoms with Gasteiger partial charge in [-0.3, -0.25) is 4.90 Å². The Labute approximate surface area is 114 Å². The Balaban J connectivity index is 1.93. The number of nitrogens with one attached hydrogen (secondary N) is 1. The van der Waals surface area contributed by atoms with Gasteiger partial charge in [-0.1, -0.05) is 45.4 Å². The van der Waals surface area contributed by atoms with Crippen LogP contribution in [0.25, 0.3) is 0 Å². The summed E-state index contributed by atoms with van der Waals surface area (Å²) in [4.78, 5) is 2.75. The Morgan fingerprint density at radius 1 is 0.889 bits per heavy atom. The van der Waals surface area contributed by atoms with Crippen LogP contribution in [0.5, 0.6) is 0 Å². The molecule has 2 aliphatic carbocycles. The first kappa shape index (κ1) is 14.3. The molecule has 18 heavy (non-hydrogen) atoms. The molecule has 0 radical (unpaired) electrons. The summed E-state index contributed by atoms with van der Waals surface area (Å²) in [6, 6.07) is 2.40. The molecule has 1 N–H and O–H groups in total. The van der Waals surface area contributed by atoms with E-state index in [-0.39, 0.29) is 0 Å². The van der Waals surface area contributed by atoms with Gasteiger partial charge in [-0.05, 0) is 39.3 Å². The zero-order valence-electron chi connectivity index (χ0n) is 12.5. The lowest BCUT2D eigenvalue weighted by Gasteiger charge is -2.42. The minimum absolute atomic E-state index is 0.747. The predicted octanol–water partition coefficient (Wildman–Crippen LogP) is 3.56. The second kappa shape index (κ2) is 7.49. The smallest absolute Gasteiger partial charge is 0.0249 e. The van der Waals surface area contributed by atoms with Crippen molar-refractivity contribution in [3.05, 3.63) is 0 Å². The minimum Gasteiger partial charge on any atom is -0.313 e. The molecule has 2 atom stereocenters. The fourth-order valence-electron chi connectivity index (χ4n) is 4.03. The number of hydrogen-bond donors (Lipinski definition) is 1. The highest BCUT2D eigenvalue weighted by Gasteiger charge is 2.31. The Morgan fingerprint density at radius 3 is 2.17 bits per heavy atom. The average molecular weight is 252 g/mol. The lowest BCUT2D eigenvalue weighted by molar-refractivity contribution is 0.0981. The molecule has 106 valence electrons. The molecule has 0 bridgehead atoms. The largest absolute Gasteiger partial charge is 0.313 e. The van der Waals surface area contributed by atoms with Crippen molar-refractivity contribution in [2.75, 3.05) is 13.6 Å². The van der Waals surface area contributed by atoms with Gasteiger partial charge in [0.2, 0.25) is 0 Å². The highest BCUT2D eigenvalue weighted by molar-refractivity contribution is 4.89. The summed E-state index contributed by atoms with van der Waals surface area (Å²) < 4.78 is 0. The van der Waals surface area contributed by atoms with Gasteiger partial charge in [-0.2, -0.15) is 0 Å². The topological polar surface area (TPSA) is 15.3 Å². The quantitative estimate of drug-likeness (QED) is 0.770. The molecule has 0 spiro atoms. The highest BCUT2D eigenvalue weighted by atomic mass is 15.2. The molecule has 0 aromatic heterocycles. The molecule has 0 aromatic rings. The molecule has 2 heteroatoms. The van der Waals surface area contributed by atoms with Crippen LogP contribution in [-0.4, -0.2) is 36.6 Å². The zero-order valence-corrected chi connectivity index (χ0v) is 12.5. The van der Waals surface area contributed by atoms with E-state index in [2.05, 4.69) is 24.2 Å². The molecule has 2 aliphatic rings. The van der Waals surface area contributed by atoms with Crippen LogP contribution in [0.1, 0.15) is 71.1 Å². The van der Waals surface area contributed by atoms with Crippen molar-refractivity contribution < 1.29 is 0 Å².